The molecule has 0 aromatic carbocycles. The fourth-order valence-corrected chi connectivity index (χ4v) is 2.80. The van der Waals surface area contributed by atoms with Crippen LogP contribution in [0.1, 0.15) is 60.3 Å². The Morgan fingerprint density at radius 3 is 2.67 bits per heavy atom. The monoisotopic (exact) mass is 291 g/mol. The lowest BCUT2D eigenvalue weighted by Crippen LogP contribution is -2.19. The molecule has 0 aromatic rings. The molecule has 0 aliphatic heterocycles. The van der Waals surface area contributed by atoms with Gasteiger partial charge in [0, 0.05) is 6.21 Å². The number of nitrogens with zero attached hydrogens (tertiary/aromatic N) is 1. The fraction of sp³-hybridized carbons (Fsp3) is 0.667. The smallest absolute Gasteiger partial charge is 0.328 e. The fourth-order valence-electron chi connectivity index (χ4n) is 2.80. The lowest BCUT2D eigenvalue weighted by molar-refractivity contribution is -0.137. The number of carbonyl (C=O) groups is 1. The van der Waals surface area contributed by atoms with Crippen LogP contribution in [-0.2, 0) is 4.79 Å². The third-order valence-electron chi connectivity index (χ3n) is 4.30. The Bertz CT molecular complexity index is 458. The molecule has 0 heterocycles. The van der Waals surface area contributed by atoms with Crippen molar-refractivity contribution >= 4 is 12.2 Å². The summed E-state index contributed by atoms with van der Waals surface area (Å²) in [7, 11) is 0. The predicted octanol–water partition coefficient (Wildman–Crippen LogP) is 4.64. The standard InChI is InChI=1S/C18H29NO2/c1-13(10-12-19-15(3)17(20)21)8-9-16-14(2)7-6-11-18(16,4)5/h8-9,12-13,15H,6-7,10-11H2,1-5H3,(H,20,21)/b9-8+,19-12?/t13?,15-/m0/s1. The van der Waals surface area contributed by atoms with Gasteiger partial charge in [-0.15, -0.1) is 0 Å². The second-order valence-corrected chi connectivity index (χ2v) is 6.85. The quantitative estimate of drug-likeness (QED) is 0.725. The zero-order valence-electron chi connectivity index (χ0n) is 14.0. The molecular weight excluding hydrogens is 262 g/mol. The van der Waals surface area contributed by atoms with E-state index in [2.05, 4.69) is 44.8 Å². The number of hydrogen-bond donors (Lipinski definition) is 1. The van der Waals surface area contributed by atoms with Gasteiger partial charge in [-0.05, 0) is 56.4 Å². The van der Waals surface area contributed by atoms with Gasteiger partial charge in [0.25, 0.3) is 0 Å². The molecule has 1 rings (SSSR count). The van der Waals surface area contributed by atoms with Crippen LogP contribution in [0.15, 0.2) is 28.3 Å². The molecule has 2 atom stereocenters. The van der Waals surface area contributed by atoms with Crippen molar-refractivity contribution in [1.82, 2.24) is 0 Å². The highest BCUT2D eigenvalue weighted by Crippen LogP contribution is 2.40. The van der Waals surface area contributed by atoms with Crippen LogP contribution in [-0.4, -0.2) is 23.3 Å². The highest BCUT2D eigenvalue weighted by molar-refractivity contribution is 5.75. The zero-order chi connectivity index (χ0) is 16.0. The van der Waals surface area contributed by atoms with Crippen molar-refractivity contribution in [3.05, 3.63) is 23.3 Å². The molecule has 0 aromatic heterocycles. The van der Waals surface area contributed by atoms with Crippen LogP contribution in [0.25, 0.3) is 0 Å². The summed E-state index contributed by atoms with van der Waals surface area (Å²) in [5.74, 6) is -0.507. The van der Waals surface area contributed by atoms with Gasteiger partial charge in [-0.3, -0.25) is 4.99 Å². The Hall–Kier alpha value is -1.38. The number of allylic oxidation sites excluding steroid dienone is 4. The number of hydrogen-bond acceptors (Lipinski definition) is 2. The Morgan fingerprint density at radius 1 is 1.43 bits per heavy atom. The molecule has 0 amide bonds. The highest BCUT2D eigenvalue weighted by Gasteiger charge is 2.26. The first-order valence-electron chi connectivity index (χ1n) is 7.87. The van der Waals surface area contributed by atoms with Crippen LogP contribution in [0.4, 0.5) is 0 Å². The van der Waals surface area contributed by atoms with E-state index in [1.165, 1.54) is 30.4 Å². The molecule has 0 bridgehead atoms. The van der Waals surface area contributed by atoms with Gasteiger partial charge in [-0.2, -0.15) is 0 Å². The number of aliphatic imine (C=N–C) groups is 1. The number of aliphatic carboxylic acids is 1. The van der Waals surface area contributed by atoms with Gasteiger partial charge in [0.05, 0.1) is 0 Å². The number of carboxylic acids is 1. The lowest BCUT2D eigenvalue weighted by Gasteiger charge is -2.33. The lowest BCUT2D eigenvalue weighted by atomic mass is 9.72. The summed E-state index contributed by atoms with van der Waals surface area (Å²) >= 11 is 0. The van der Waals surface area contributed by atoms with Gasteiger partial charge in [0.2, 0.25) is 0 Å². The molecule has 1 N–H and O–H groups in total. The Morgan fingerprint density at radius 2 is 2.10 bits per heavy atom. The van der Waals surface area contributed by atoms with Crippen molar-refractivity contribution in [2.45, 2.75) is 66.3 Å². The maximum atomic E-state index is 10.7. The van der Waals surface area contributed by atoms with Crippen molar-refractivity contribution in [3.63, 3.8) is 0 Å². The molecule has 0 radical (unpaired) electrons. The SMILES string of the molecule is CC1=C(/C=C/C(C)CC=N[C@@H](C)C(=O)O)C(C)(C)CCC1. The molecule has 0 saturated heterocycles. The molecule has 0 fully saturated rings. The maximum Gasteiger partial charge on any atom is 0.328 e. The second kappa shape index (κ2) is 7.58. The Balaban J connectivity index is 2.61. The van der Waals surface area contributed by atoms with Gasteiger partial charge in [-0.1, -0.05) is 38.5 Å². The molecular formula is C18H29NO2. The molecule has 1 unspecified atom stereocenters. The topological polar surface area (TPSA) is 49.7 Å². The molecule has 1 aliphatic rings. The summed E-state index contributed by atoms with van der Waals surface area (Å²) in [6.45, 7) is 10.6. The Labute approximate surface area is 128 Å². The van der Waals surface area contributed by atoms with Crippen LogP contribution >= 0.6 is 0 Å². The first-order chi connectivity index (χ1) is 9.74. The normalized spacial score (nSPS) is 22.0. The predicted molar refractivity (Wildman–Crippen MR) is 88.8 cm³/mol. The molecule has 1 aliphatic carbocycles. The van der Waals surface area contributed by atoms with E-state index in [-0.39, 0.29) is 5.41 Å². The van der Waals surface area contributed by atoms with Crippen molar-refractivity contribution in [1.29, 1.82) is 0 Å². The van der Waals surface area contributed by atoms with E-state index in [1.54, 1.807) is 13.1 Å². The summed E-state index contributed by atoms with van der Waals surface area (Å²) in [4.78, 5) is 14.7. The van der Waals surface area contributed by atoms with Gasteiger partial charge < -0.3 is 5.11 Å². The molecule has 0 spiro atoms. The van der Waals surface area contributed by atoms with Crippen LogP contribution < -0.4 is 0 Å². The van der Waals surface area contributed by atoms with Gasteiger partial charge in [0.15, 0.2) is 0 Å². The summed E-state index contributed by atoms with van der Waals surface area (Å²) in [6, 6.07) is -0.650. The van der Waals surface area contributed by atoms with Crippen molar-refractivity contribution in [2.75, 3.05) is 0 Å². The molecule has 21 heavy (non-hydrogen) atoms. The van der Waals surface area contributed by atoms with E-state index in [9.17, 15) is 4.79 Å². The van der Waals surface area contributed by atoms with E-state index in [4.69, 9.17) is 5.11 Å². The first kappa shape index (κ1) is 17.7. The van der Waals surface area contributed by atoms with Gasteiger partial charge in [0.1, 0.15) is 6.04 Å². The average Bonchev–Trinajstić information content (AvgIpc) is 2.37. The van der Waals surface area contributed by atoms with Crippen molar-refractivity contribution < 1.29 is 9.90 Å². The Kier molecular flexibility index (Phi) is 6.38. The van der Waals surface area contributed by atoms with E-state index in [1.807, 2.05) is 0 Å². The summed E-state index contributed by atoms with van der Waals surface area (Å²) in [5, 5.41) is 8.77. The van der Waals surface area contributed by atoms with Gasteiger partial charge >= 0.3 is 5.97 Å². The summed E-state index contributed by atoms with van der Waals surface area (Å²) in [5.41, 5.74) is 3.24. The minimum Gasteiger partial charge on any atom is -0.480 e. The van der Waals surface area contributed by atoms with E-state index >= 15 is 0 Å². The molecule has 118 valence electrons. The number of rotatable bonds is 6. The highest BCUT2D eigenvalue weighted by atomic mass is 16.4. The van der Waals surface area contributed by atoms with Crippen LogP contribution in [0, 0.1) is 11.3 Å². The molecule has 3 heteroatoms. The van der Waals surface area contributed by atoms with Crippen molar-refractivity contribution in [3.8, 4) is 0 Å². The maximum absolute atomic E-state index is 10.7. The number of carboxylic acid groups (broad SMARTS) is 1. The minimum atomic E-state index is -0.876. The molecule has 0 saturated carbocycles. The summed E-state index contributed by atoms with van der Waals surface area (Å²) in [6.07, 6.45) is 10.7. The average molecular weight is 291 g/mol. The summed E-state index contributed by atoms with van der Waals surface area (Å²) < 4.78 is 0. The van der Waals surface area contributed by atoms with E-state index < -0.39 is 12.0 Å². The molecule has 3 nitrogen and oxygen atoms in total. The zero-order valence-corrected chi connectivity index (χ0v) is 14.0. The first-order valence-corrected chi connectivity index (χ1v) is 7.87. The van der Waals surface area contributed by atoms with Gasteiger partial charge in [-0.25, -0.2) is 4.79 Å². The van der Waals surface area contributed by atoms with Crippen LogP contribution in [0.3, 0.4) is 0 Å². The largest absolute Gasteiger partial charge is 0.480 e. The third-order valence-corrected chi connectivity index (χ3v) is 4.30. The third kappa shape index (κ3) is 5.49. The van der Waals surface area contributed by atoms with E-state index in [0.717, 1.165) is 6.42 Å². The van der Waals surface area contributed by atoms with E-state index in [0.29, 0.717) is 5.92 Å². The van der Waals surface area contributed by atoms with Crippen LogP contribution in [0.5, 0.6) is 0 Å². The minimum absolute atomic E-state index is 0.268. The van der Waals surface area contributed by atoms with Crippen LogP contribution in [0.2, 0.25) is 0 Å². The van der Waals surface area contributed by atoms with Crippen molar-refractivity contribution in [2.24, 2.45) is 16.3 Å². The second-order valence-electron chi connectivity index (χ2n) is 6.85.